The highest BCUT2D eigenvalue weighted by molar-refractivity contribution is 5.81. The molecule has 0 spiro atoms. The molecule has 1 aliphatic heterocycles. The number of rotatable bonds is 11. The van der Waals surface area contributed by atoms with Crippen LogP contribution in [0.4, 0.5) is 18.9 Å². The monoisotopic (exact) mass is 504 g/mol. The minimum Gasteiger partial charge on any atom is -0.406 e. The summed E-state index contributed by atoms with van der Waals surface area (Å²) >= 11 is 0. The molecule has 2 aromatic rings. The van der Waals surface area contributed by atoms with Crippen LogP contribution in [0.2, 0.25) is 0 Å². The van der Waals surface area contributed by atoms with Gasteiger partial charge in [-0.15, -0.1) is 13.2 Å². The zero-order chi connectivity index (χ0) is 25.7. The van der Waals surface area contributed by atoms with Gasteiger partial charge in [-0.2, -0.15) is 0 Å². The Kier molecular flexibility index (Phi) is 8.41. The Morgan fingerprint density at radius 2 is 1.92 bits per heavy atom. The van der Waals surface area contributed by atoms with Crippen molar-refractivity contribution in [1.29, 1.82) is 0 Å². The van der Waals surface area contributed by atoms with E-state index in [9.17, 15) is 18.0 Å². The summed E-state index contributed by atoms with van der Waals surface area (Å²) in [5.41, 5.74) is 4.15. The van der Waals surface area contributed by atoms with Crippen molar-refractivity contribution in [3.8, 4) is 5.75 Å². The van der Waals surface area contributed by atoms with E-state index in [0.29, 0.717) is 18.7 Å². The number of benzene rings is 2. The zero-order valence-electron chi connectivity index (χ0n) is 21.0. The Morgan fingerprint density at radius 1 is 1.14 bits per heavy atom. The molecule has 1 amide bonds. The fourth-order valence-corrected chi connectivity index (χ4v) is 4.61. The SMILES string of the molecule is CN(C)CCN(Cc1cccc(OC(F)(F)F)c1)C(=O)CNc1cccc2c1CCN(CC1CC1)C2. The smallest absolute Gasteiger partial charge is 0.406 e. The van der Waals surface area contributed by atoms with E-state index in [0.717, 1.165) is 31.1 Å². The average Bonchev–Trinajstić information content (AvgIpc) is 3.63. The minimum absolute atomic E-state index is 0.109. The van der Waals surface area contributed by atoms with Gasteiger partial charge >= 0.3 is 6.36 Å². The summed E-state index contributed by atoms with van der Waals surface area (Å²) in [4.78, 5) is 19.4. The lowest BCUT2D eigenvalue weighted by atomic mass is 9.97. The molecule has 1 heterocycles. The molecular formula is C27H35F3N4O2. The molecule has 0 saturated heterocycles. The molecule has 9 heteroatoms. The Balaban J connectivity index is 1.40. The van der Waals surface area contributed by atoms with Crippen LogP contribution in [0.15, 0.2) is 42.5 Å². The average molecular weight is 505 g/mol. The largest absolute Gasteiger partial charge is 0.573 e. The third kappa shape index (κ3) is 7.86. The second kappa shape index (κ2) is 11.5. The molecular weight excluding hydrogens is 469 g/mol. The number of nitrogens with one attached hydrogen (secondary N) is 1. The summed E-state index contributed by atoms with van der Waals surface area (Å²) in [5.74, 6) is 0.465. The molecule has 0 unspecified atom stereocenters. The van der Waals surface area contributed by atoms with E-state index in [-0.39, 0.29) is 24.7 Å². The summed E-state index contributed by atoms with van der Waals surface area (Å²) < 4.78 is 41.9. The predicted molar refractivity (Wildman–Crippen MR) is 134 cm³/mol. The van der Waals surface area contributed by atoms with Gasteiger partial charge in [0.1, 0.15) is 5.75 Å². The first-order valence-corrected chi connectivity index (χ1v) is 12.5. The quantitative estimate of drug-likeness (QED) is 0.493. The molecule has 0 radical (unpaired) electrons. The maximum atomic E-state index is 13.2. The number of ether oxygens (including phenoxy) is 1. The number of amides is 1. The number of hydrogen-bond donors (Lipinski definition) is 1. The van der Waals surface area contributed by atoms with Crippen molar-refractivity contribution in [2.75, 3.05) is 52.1 Å². The highest BCUT2D eigenvalue weighted by Crippen LogP contribution is 2.33. The normalized spacial score (nSPS) is 16.1. The molecule has 4 rings (SSSR count). The number of alkyl halides is 3. The van der Waals surface area contributed by atoms with Gasteiger partial charge in [-0.3, -0.25) is 9.69 Å². The van der Waals surface area contributed by atoms with Gasteiger partial charge in [0.15, 0.2) is 0 Å². The first-order valence-electron chi connectivity index (χ1n) is 12.5. The van der Waals surface area contributed by atoms with Gasteiger partial charge in [-0.05, 0) is 74.2 Å². The van der Waals surface area contributed by atoms with Crippen molar-refractivity contribution in [2.24, 2.45) is 5.92 Å². The van der Waals surface area contributed by atoms with Crippen LogP contribution in [0, 0.1) is 5.92 Å². The molecule has 0 bridgehead atoms. The second-order valence-electron chi connectivity index (χ2n) is 10.0. The molecule has 6 nitrogen and oxygen atoms in total. The molecule has 0 atom stereocenters. The Bertz CT molecular complexity index is 1040. The van der Waals surface area contributed by atoms with Gasteiger partial charge in [0.05, 0.1) is 6.54 Å². The summed E-state index contributed by atoms with van der Waals surface area (Å²) in [5, 5.41) is 3.34. The van der Waals surface area contributed by atoms with Crippen LogP contribution >= 0.6 is 0 Å². The van der Waals surface area contributed by atoms with Crippen LogP contribution in [-0.2, 0) is 24.3 Å². The number of carbonyl (C=O) groups excluding carboxylic acids is 1. The van der Waals surface area contributed by atoms with E-state index in [1.54, 1.807) is 11.0 Å². The van der Waals surface area contributed by atoms with Crippen LogP contribution < -0.4 is 10.1 Å². The van der Waals surface area contributed by atoms with E-state index in [2.05, 4.69) is 21.0 Å². The lowest BCUT2D eigenvalue weighted by Crippen LogP contribution is -2.39. The zero-order valence-corrected chi connectivity index (χ0v) is 21.0. The number of fused-ring (bicyclic) bond motifs is 1. The molecule has 2 aliphatic rings. The van der Waals surface area contributed by atoms with Gasteiger partial charge in [0, 0.05) is 45.0 Å². The van der Waals surface area contributed by atoms with E-state index in [1.807, 2.05) is 31.1 Å². The summed E-state index contributed by atoms with van der Waals surface area (Å²) in [6.45, 7) is 4.57. The van der Waals surface area contributed by atoms with E-state index >= 15 is 0 Å². The lowest BCUT2D eigenvalue weighted by Gasteiger charge is -2.30. The van der Waals surface area contributed by atoms with E-state index < -0.39 is 6.36 Å². The number of likely N-dealkylation sites (N-methyl/N-ethyl adjacent to an activating group) is 1. The van der Waals surface area contributed by atoms with E-state index in [1.165, 1.54) is 48.7 Å². The van der Waals surface area contributed by atoms with Crippen LogP contribution in [-0.4, -0.2) is 73.8 Å². The topological polar surface area (TPSA) is 48.1 Å². The second-order valence-corrected chi connectivity index (χ2v) is 10.0. The fraction of sp³-hybridized carbons (Fsp3) is 0.519. The third-order valence-electron chi connectivity index (χ3n) is 6.66. The Hall–Kier alpha value is -2.78. The molecule has 1 aliphatic carbocycles. The molecule has 1 N–H and O–H groups in total. The lowest BCUT2D eigenvalue weighted by molar-refractivity contribution is -0.274. The molecule has 196 valence electrons. The van der Waals surface area contributed by atoms with Crippen LogP contribution in [0.5, 0.6) is 5.75 Å². The number of halogens is 3. The summed E-state index contributed by atoms with van der Waals surface area (Å²) in [7, 11) is 3.84. The maximum absolute atomic E-state index is 13.2. The highest BCUT2D eigenvalue weighted by Gasteiger charge is 2.31. The summed E-state index contributed by atoms with van der Waals surface area (Å²) in [6.07, 6.45) is -1.11. The Labute approximate surface area is 211 Å². The number of anilines is 1. The maximum Gasteiger partial charge on any atom is 0.573 e. The van der Waals surface area contributed by atoms with Crippen molar-refractivity contribution in [1.82, 2.24) is 14.7 Å². The molecule has 2 aromatic carbocycles. The highest BCUT2D eigenvalue weighted by atomic mass is 19.4. The first kappa shape index (κ1) is 26.3. The van der Waals surface area contributed by atoms with Gasteiger partial charge in [0.2, 0.25) is 5.91 Å². The van der Waals surface area contributed by atoms with Gasteiger partial charge in [0.25, 0.3) is 0 Å². The molecule has 1 fully saturated rings. The molecule has 1 saturated carbocycles. The van der Waals surface area contributed by atoms with Gasteiger partial charge in [-0.1, -0.05) is 24.3 Å². The Morgan fingerprint density at radius 3 is 2.64 bits per heavy atom. The van der Waals surface area contributed by atoms with Crippen molar-refractivity contribution in [3.63, 3.8) is 0 Å². The van der Waals surface area contributed by atoms with Crippen molar-refractivity contribution < 1.29 is 22.7 Å². The van der Waals surface area contributed by atoms with Crippen molar-refractivity contribution >= 4 is 11.6 Å². The summed E-state index contributed by atoms with van der Waals surface area (Å²) in [6, 6.07) is 12.0. The predicted octanol–water partition coefficient (Wildman–Crippen LogP) is 4.36. The standard InChI is InChI=1S/C27H35F3N4O2/c1-32(2)13-14-34(18-21-5-3-7-23(15-21)36-27(28,29)30)26(35)16-31-25-8-4-6-22-19-33(12-11-24(22)25)17-20-9-10-20/h3-8,15,20,31H,9-14,16-19H2,1-2H3. The van der Waals surface area contributed by atoms with E-state index in [4.69, 9.17) is 0 Å². The number of nitrogens with zero attached hydrogens (tertiary/aromatic N) is 3. The van der Waals surface area contributed by atoms with Crippen LogP contribution in [0.3, 0.4) is 0 Å². The molecule has 36 heavy (non-hydrogen) atoms. The number of hydrogen-bond acceptors (Lipinski definition) is 5. The van der Waals surface area contributed by atoms with Gasteiger partial charge in [-0.25, -0.2) is 0 Å². The van der Waals surface area contributed by atoms with Crippen LogP contribution in [0.1, 0.15) is 29.5 Å². The minimum atomic E-state index is -4.76. The van der Waals surface area contributed by atoms with Crippen molar-refractivity contribution in [3.05, 3.63) is 59.2 Å². The molecule has 0 aromatic heterocycles. The van der Waals surface area contributed by atoms with Gasteiger partial charge < -0.3 is 19.9 Å². The third-order valence-corrected chi connectivity index (χ3v) is 6.66. The number of carbonyl (C=O) groups is 1. The van der Waals surface area contributed by atoms with Crippen molar-refractivity contribution in [2.45, 2.75) is 38.7 Å². The fourth-order valence-electron chi connectivity index (χ4n) is 4.61. The van der Waals surface area contributed by atoms with Crippen LogP contribution in [0.25, 0.3) is 0 Å². The first-order chi connectivity index (χ1) is 17.2.